The SMILES string of the molecule is Cc1ccc2c(c1)NC(C)C(C(=O)O)=C2. The molecule has 0 spiro atoms. The molecule has 78 valence electrons. The maximum atomic E-state index is 10.9. The summed E-state index contributed by atoms with van der Waals surface area (Å²) in [5, 5.41) is 12.2. The average molecular weight is 203 g/mol. The molecule has 0 aliphatic carbocycles. The molecule has 3 nitrogen and oxygen atoms in total. The minimum absolute atomic E-state index is 0.142. The van der Waals surface area contributed by atoms with Crippen molar-refractivity contribution in [2.45, 2.75) is 19.9 Å². The molecule has 1 heterocycles. The third-order valence-electron chi connectivity index (χ3n) is 2.61. The fourth-order valence-corrected chi connectivity index (χ4v) is 1.77. The Kier molecular flexibility index (Phi) is 2.23. The minimum Gasteiger partial charge on any atom is -0.478 e. The summed E-state index contributed by atoms with van der Waals surface area (Å²) in [6.45, 7) is 3.87. The first-order valence-corrected chi connectivity index (χ1v) is 4.90. The van der Waals surface area contributed by atoms with Crippen LogP contribution in [0.4, 0.5) is 5.69 Å². The first-order chi connectivity index (χ1) is 7.08. The van der Waals surface area contributed by atoms with Crippen LogP contribution in [0.15, 0.2) is 23.8 Å². The van der Waals surface area contributed by atoms with Crippen LogP contribution in [0, 0.1) is 6.92 Å². The Morgan fingerprint density at radius 1 is 1.47 bits per heavy atom. The quantitative estimate of drug-likeness (QED) is 0.736. The predicted molar refractivity (Wildman–Crippen MR) is 59.9 cm³/mol. The van der Waals surface area contributed by atoms with Crippen LogP contribution in [0.25, 0.3) is 6.08 Å². The minimum atomic E-state index is -0.860. The fourth-order valence-electron chi connectivity index (χ4n) is 1.77. The molecule has 1 aliphatic rings. The second-order valence-electron chi connectivity index (χ2n) is 3.86. The van der Waals surface area contributed by atoms with Crippen LogP contribution in [-0.2, 0) is 4.79 Å². The van der Waals surface area contributed by atoms with Crippen LogP contribution in [0.2, 0.25) is 0 Å². The number of carboxylic acid groups (broad SMARTS) is 1. The lowest BCUT2D eigenvalue weighted by Gasteiger charge is -2.23. The number of aryl methyl sites for hydroxylation is 1. The molecule has 1 atom stereocenters. The molecule has 0 amide bonds. The van der Waals surface area contributed by atoms with Gasteiger partial charge in [-0.05, 0) is 37.1 Å². The lowest BCUT2D eigenvalue weighted by Crippen LogP contribution is -2.26. The van der Waals surface area contributed by atoms with E-state index in [0.717, 1.165) is 11.3 Å². The van der Waals surface area contributed by atoms with Crippen LogP contribution < -0.4 is 5.32 Å². The van der Waals surface area contributed by atoms with Crippen LogP contribution in [-0.4, -0.2) is 17.1 Å². The summed E-state index contributed by atoms with van der Waals surface area (Å²) in [4.78, 5) is 10.9. The van der Waals surface area contributed by atoms with Crippen molar-refractivity contribution in [2.75, 3.05) is 5.32 Å². The summed E-state index contributed by atoms with van der Waals surface area (Å²) in [5.41, 5.74) is 3.52. The van der Waals surface area contributed by atoms with Gasteiger partial charge in [0.25, 0.3) is 0 Å². The molecule has 1 aromatic carbocycles. The largest absolute Gasteiger partial charge is 0.478 e. The van der Waals surface area contributed by atoms with E-state index in [1.54, 1.807) is 6.08 Å². The standard InChI is InChI=1S/C12H13NO2/c1-7-3-4-9-6-10(12(14)15)8(2)13-11(9)5-7/h3-6,8,13H,1-2H3,(H,14,15). The van der Waals surface area contributed by atoms with Crippen LogP contribution in [0.1, 0.15) is 18.1 Å². The molecule has 1 unspecified atom stereocenters. The Labute approximate surface area is 88.4 Å². The number of benzene rings is 1. The zero-order valence-electron chi connectivity index (χ0n) is 8.74. The lowest BCUT2D eigenvalue weighted by atomic mass is 9.98. The second kappa shape index (κ2) is 3.42. The van der Waals surface area contributed by atoms with Crippen molar-refractivity contribution in [1.82, 2.24) is 0 Å². The number of rotatable bonds is 1. The van der Waals surface area contributed by atoms with E-state index in [4.69, 9.17) is 5.11 Å². The topological polar surface area (TPSA) is 49.3 Å². The summed E-state index contributed by atoms with van der Waals surface area (Å²) < 4.78 is 0. The van der Waals surface area contributed by atoms with Crippen molar-refractivity contribution in [3.8, 4) is 0 Å². The highest BCUT2D eigenvalue weighted by atomic mass is 16.4. The van der Waals surface area contributed by atoms with Crippen molar-refractivity contribution in [2.24, 2.45) is 0 Å². The monoisotopic (exact) mass is 203 g/mol. The van der Waals surface area contributed by atoms with Gasteiger partial charge in [0, 0.05) is 5.69 Å². The van der Waals surface area contributed by atoms with Gasteiger partial charge in [-0.2, -0.15) is 0 Å². The average Bonchev–Trinajstić information content (AvgIpc) is 2.15. The van der Waals surface area contributed by atoms with Gasteiger partial charge in [-0.3, -0.25) is 0 Å². The second-order valence-corrected chi connectivity index (χ2v) is 3.86. The molecule has 2 N–H and O–H groups in total. The van der Waals surface area contributed by atoms with E-state index in [0.29, 0.717) is 5.57 Å². The first-order valence-electron chi connectivity index (χ1n) is 4.90. The third kappa shape index (κ3) is 1.73. The Hall–Kier alpha value is -1.77. The number of hydrogen-bond donors (Lipinski definition) is 2. The molecule has 0 fully saturated rings. The van der Waals surface area contributed by atoms with E-state index >= 15 is 0 Å². The van der Waals surface area contributed by atoms with Gasteiger partial charge in [0.2, 0.25) is 0 Å². The molecule has 0 aromatic heterocycles. The molecule has 1 aliphatic heterocycles. The van der Waals surface area contributed by atoms with Gasteiger partial charge in [0.1, 0.15) is 0 Å². The summed E-state index contributed by atoms with van der Waals surface area (Å²) in [6, 6.07) is 5.80. The van der Waals surface area contributed by atoms with Crippen LogP contribution in [0.5, 0.6) is 0 Å². The number of carbonyl (C=O) groups is 1. The van der Waals surface area contributed by atoms with E-state index in [1.165, 1.54) is 5.56 Å². The zero-order valence-corrected chi connectivity index (χ0v) is 8.74. The molecule has 15 heavy (non-hydrogen) atoms. The number of nitrogens with one attached hydrogen (secondary N) is 1. The van der Waals surface area contributed by atoms with Crippen molar-refractivity contribution in [3.63, 3.8) is 0 Å². The third-order valence-corrected chi connectivity index (χ3v) is 2.61. The number of hydrogen-bond acceptors (Lipinski definition) is 2. The Bertz CT molecular complexity index is 449. The van der Waals surface area contributed by atoms with Gasteiger partial charge < -0.3 is 10.4 Å². The molecular formula is C12H13NO2. The predicted octanol–water partition coefficient (Wildman–Crippen LogP) is 2.28. The molecule has 0 bridgehead atoms. The van der Waals surface area contributed by atoms with Crippen LogP contribution >= 0.6 is 0 Å². The van der Waals surface area contributed by atoms with E-state index in [9.17, 15) is 4.79 Å². The van der Waals surface area contributed by atoms with Crippen molar-refractivity contribution in [3.05, 3.63) is 34.9 Å². The molecular weight excluding hydrogens is 190 g/mol. The summed E-state index contributed by atoms with van der Waals surface area (Å²) >= 11 is 0. The highest BCUT2D eigenvalue weighted by molar-refractivity contribution is 5.97. The molecule has 0 radical (unpaired) electrons. The molecule has 0 saturated heterocycles. The molecule has 3 heteroatoms. The van der Waals surface area contributed by atoms with Gasteiger partial charge in [0.05, 0.1) is 11.6 Å². The summed E-state index contributed by atoms with van der Waals surface area (Å²) in [5.74, 6) is -0.860. The highest BCUT2D eigenvalue weighted by Gasteiger charge is 2.21. The molecule has 0 saturated carbocycles. The Morgan fingerprint density at radius 3 is 2.87 bits per heavy atom. The number of carboxylic acids is 1. The van der Waals surface area contributed by atoms with Gasteiger partial charge in [0.15, 0.2) is 0 Å². The van der Waals surface area contributed by atoms with E-state index < -0.39 is 5.97 Å². The van der Waals surface area contributed by atoms with Crippen molar-refractivity contribution >= 4 is 17.7 Å². The maximum Gasteiger partial charge on any atom is 0.333 e. The Balaban J connectivity index is 2.50. The van der Waals surface area contributed by atoms with Gasteiger partial charge >= 0.3 is 5.97 Å². The van der Waals surface area contributed by atoms with Crippen molar-refractivity contribution < 1.29 is 9.90 Å². The highest BCUT2D eigenvalue weighted by Crippen LogP contribution is 2.27. The van der Waals surface area contributed by atoms with Crippen LogP contribution in [0.3, 0.4) is 0 Å². The molecule has 2 rings (SSSR count). The van der Waals surface area contributed by atoms with Gasteiger partial charge in [-0.25, -0.2) is 4.79 Å². The number of anilines is 1. The zero-order chi connectivity index (χ0) is 11.0. The number of aliphatic carboxylic acids is 1. The van der Waals surface area contributed by atoms with E-state index in [2.05, 4.69) is 5.32 Å². The van der Waals surface area contributed by atoms with E-state index in [1.807, 2.05) is 32.0 Å². The number of fused-ring (bicyclic) bond motifs is 1. The fraction of sp³-hybridized carbons (Fsp3) is 0.250. The first kappa shape index (κ1) is 9.77. The van der Waals surface area contributed by atoms with Gasteiger partial charge in [-0.15, -0.1) is 0 Å². The maximum absolute atomic E-state index is 10.9. The Morgan fingerprint density at radius 2 is 2.20 bits per heavy atom. The smallest absolute Gasteiger partial charge is 0.333 e. The normalized spacial score (nSPS) is 18.8. The lowest BCUT2D eigenvalue weighted by molar-refractivity contribution is -0.132. The summed E-state index contributed by atoms with van der Waals surface area (Å²) in [7, 11) is 0. The van der Waals surface area contributed by atoms with Gasteiger partial charge in [-0.1, -0.05) is 12.1 Å². The summed E-state index contributed by atoms with van der Waals surface area (Å²) in [6.07, 6.45) is 1.73. The van der Waals surface area contributed by atoms with Crippen molar-refractivity contribution in [1.29, 1.82) is 0 Å². The molecule has 1 aromatic rings. The van der Waals surface area contributed by atoms with E-state index in [-0.39, 0.29) is 6.04 Å².